The number of carbonyl (C=O) groups is 1. The van der Waals surface area contributed by atoms with Crippen LogP contribution in [-0.4, -0.2) is 54.4 Å². The van der Waals surface area contributed by atoms with E-state index in [9.17, 15) is 9.90 Å². The average molecular weight is 345 g/mol. The van der Waals surface area contributed by atoms with Gasteiger partial charge in [-0.05, 0) is 44.7 Å². The summed E-state index contributed by atoms with van der Waals surface area (Å²) in [5.41, 5.74) is 1.16. The molecule has 25 heavy (non-hydrogen) atoms. The minimum absolute atomic E-state index is 0.0773. The lowest BCUT2D eigenvalue weighted by Gasteiger charge is -2.47. The number of nitrogens with one attached hydrogen (secondary N) is 2. The number of hydrogen-bond donors (Lipinski definition) is 3. The second kappa shape index (κ2) is 8.68. The predicted molar refractivity (Wildman–Crippen MR) is 99.6 cm³/mol. The molecule has 2 amide bonds. The van der Waals surface area contributed by atoms with Crippen LogP contribution in [0.5, 0.6) is 0 Å². The monoisotopic (exact) mass is 345 g/mol. The predicted octanol–water partition coefficient (Wildman–Crippen LogP) is 2.47. The lowest BCUT2D eigenvalue weighted by atomic mass is 9.82. The molecule has 1 aromatic rings. The number of nitrogens with zero attached hydrogens (tertiary/aromatic N) is 1. The maximum absolute atomic E-state index is 12.4. The van der Waals surface area contributed by atoms with Crippen LogP contribution >= 0.6 is 0 Å². The normalized spacial score (nSPS) is 27.5. The van der Waals surface area contributed by atoms with Gasteiger partial charge < -0.3 is 20.6 Å². The van der Waals surface area contributed by atoms with E-state index in [1.165, 1.54) is 19.3 Å². The van der Waals surface area contributed by atoms with E-state index in [1.807, 2.05) is 18.2 Å². The molecule has 0 aromatic heterocycles. The fourth-order valence-electron chi connectivity index (χ4n) is 4.45. The SMILES string of the molecule is CN1C2CCCC1CC(NC(=O)NCC(CCO)c1ccccc1)C2. The van der Waals surface area contributed by atoms with Crippen molar-refractivity contribution in [3.63, 3.8) is 0 Å². The summed E-state index contributed by atoms with van der Waals surface area (Å²) in [5, 5.41) is 15.5. The molecule has 1 aromatic carbocycles. The standard InChI is InChI=1S/C20H31N3O2/c1-23-18-8-5-9-19(23)13-17(12-18)22-20(25)21-14-16(10-11-24)15-6-3-2-4-7-15/h2-4,6-7,16-19,24H,5,8-14H2,1H3,(H2,21,22,25). The molecule has 5 heteroatoms. The van der Waals surface area contributed by atoms with Gasteiger partial charge in [-0.15, -0.1) is 0 Å². The molecular weight excluding hydrogens is 314 g/mol. The Hall–Kier alpha value is -1.59. The first-order chi connectivity index (χ1) is 12.2. The molecule has 2 aliphatic heterocycles. The first-order valence-corrected chi connectivity index (χ1v) is 9.59. The van der Waals surface area contributed by atoms with Crippen LogP contribution < -0.4 is 10.6 Å². The van der Waals surface area contributed by atoms with Crippen molar-refractivity contribution in [1.29, 1.82) is 0 Å². The van der Waals surface area contributed by atoms with Crippen molar-refractivity contribution in [2.75, 3.05) is 20.2 Å². The number of aliphatic hydroxyl groups excluding tert-OH is 1. The first-order valence-electron chi connectivity index (χ1n) is 9.59. The van der Waals surface area contributed by atoms with Crippen molar-refractivity contribution in [2.24, 2.45) is 0 Å². The van der Waals surface area contributed by atoms with Crippen LogP contribution in [0.3, 0.4) is 0 Å². The summed E-state index contributed by atoms with van der Waals surface area (Å²) in [7, 11) is 2.23. The van der Waals surface area contributed by atoms with Crippen molar-refractivity contribution < 1.29 is 9.90 Å². The van der Waals surface area contributed by atoms with E-state index < -0.39 is 0 Å². The highest BCUT2D eigenvalue weighted by Gasteiger charge is 2.36. The van der Waals surface area contributed by atoms with Crippen molar-refractivity contribution in [3.05, 3.63) is 35.9 Å². The average Bonchev–Trinajstić information content (AvgIpc) is 2.60. The maximum atomic E-state index is 12.4. The topological polar surface area (TPSA) is 64.6 Å². The van der Waals surface area contributed by atoms with Crippen LogP contribution in [0.2, 0.25) is 0 Å². The van der Waals surface area contributed by atoms with Crippen LogP contribution in [0.15, 0.2) is 30.3 Å². The van der Waals surface area contributed by atoms with Crippen LogP contribution in [0, 0.1) is 0 Å². The summed E-state index contributed by atoms with van der Waals surface area (Å²) in [4.78, 5) is 14.9. The molecule has 2 bridgehead atoms. The van der Waals surface area contributed by atoms with E-state index in [-0.39, 0.29) is 24.6 Å². The molecule has 138 valence electrons. The summed E-state index contributed by atoms with van der Waals surface area (Å²) in [6.07, 6.45) is 6.58. The van der Waals surface area contributed by atoms with E-state index in [0.717, 1.165) is 18.4 Å². The zero-order valence-electron chi connectivity index (χ0n) is 15.2. The van der Waals surface area contributed by atoms with Crippen LogP contribution in [-0.2, 0) is 0 Å². The van der Waals surface area contributed by atoms with Gasteiger partial charge in [-0.1, -0.05) is 36.8 Å². The van der Waals surface area contributed by atoms with E-state index in [2.05, 4.69) is 34.7 Å². The molecule has 0 spiro atoms. The molecule has 3 N–H and O–H groups in total. The van der Waals surface area contributed by atoms with E-state index in [4.69, 9.17) is 0 Å². The Bertz CT molecular complexity index is 537. The van der Waals surface area contributed by atoms with Crippen molar-refractivity contribution >= 4 is 6.03 Å². The fourth-order valence-corrected chi connectivity index (χ4v) is 4.45. The number of amides is 2. The van der Waals surface area contributed by atoms with Gasteiger partial charge in [0.15, 0.2) is 0 Å². The number of piperidine rings is 2. The Morgan fingerprint density at radius 3 is 2.56 bits per heavy atom. The van der Waals surface area contributed by atoms with Crippen molar-refractivity contribution in [3.8, 4) is 0 Å². The molecular formula is C20H31N3O2. The van der Waals surface area contributed by atoms with Gasteiger partial charge in [0.2, 0.25) is 0 Å². The maximum Gasteiger partial charge on any atom is 0.315 e. The highest BCUT2D eigenvalue weighted by Crippen LogP contribution is 2.32. The second-order valence-electron chi connectivity index (χ2n) is 7.55. The third-order valence-electron chi connectivity index (χ3n) is 5.93. The van der Waals surface area contributed by atoms with E-state index in [1.54, 1.807) is 0 Å². The van der Waals surface area contributed by atoms with E-state index >= 15 is 0 Å². The fraction of sp³-hybridized carbons (Fsp3) is 0.650. The lowest BCUT2D eigenvalue weighted by molar-refractivity contribution is 0.0509. The van der Waals surface area contributed by atoms with Gasteiger partial charge in [-0.3, -0.25) is 0 Å². The molecule has 2 aliphatic rings. The number of benzene rings is 1. The highest BCUT2D eigenvalue weighted by atomic mass is 16.3. The summed E-state index contributed by atoms with van der Waals surface area (Å²) < 4.78 is 0. The van der Waals surface area contributed by atoms with Crippen LogP contribution in [0.1, 0.15) is 50.0 Å². The molecule has 3 rings (SSSR count). The zero-order valence-corrected chi connectivity index (χ0v) is 15.2. The Balaban J connectivity index is 1.49. The Labute approximate surface area is 150 Å². The molecule has 2 fully saturated rings. The second-order valence-corrected chi connectivity index (χ2v) is 7.55. The molecule has 2 heterocycles. The van der Waals surface area contributed by atoms with Gasteiger partial charge in [-0.25, -0.2) is 4.79 Å². The number of aliphatic hydroxyl groups is 1. The molecule has 5 nitrogen and oxygen atoms in total. The van der Waals surface area contributed by atoms with Crippen molar-refractivity contribution in [2.45, 2.75) is 62.6 Å². The molecule has 2 saturated heterocycles. The van der Waals surface area contributed by atoms with E-state index in [0.29, 0.717) is 25.0 Å². The number of hydrogen-bond acceptors (Lipinski definition) is 3. The summed E-state index contributed by atoms with van der Waals surface area (Å²) in [6, 6.07) is 11.5. The smallest absolute Gasteiger partial charge is 0.315 e. The van der Waals surface area contributed by atoms with Gasteiger partial charge in [0.25, 0.3) is 0 Å². The third-order valence-corrected chi connectivity index (χ3v) is 5.93. The lowest BCUT2D eigenvalue weighted by Crippen LogP contribution is -2.56. The summed E-state index contributed by atoms with van der Waals surface area (Å²) >= 11 is 0. The van der Waals surface area contributed by atoms with Crippen LogP contribution in [0.25, 0.3) is 0 Å². The molecule has 0 radical (unpaired) electrons. The minimum Gasteiger partial charge on any atom is -0.396 e. The van der Waals surface area contributed by atoms with Gasteiger partial charge in [0.05, 0.1) is 0 Å². The Kier molecular flexibility index (Phi) is 6.32. The van der Waals surface area contributed by atoms with Gasteiger partial charge in [0, 0.05) is 37.2 Å². The van der Waals surface area contributed by atoms with Crippen LogP contribution in [0.4, 0.5) is 4.79 Å². The number of urea groups is 1. The van der Waals surface area contributed by atoms with Crippen molar-refractivity contribution in [1.82, 2.24) is 15.5 Å². The first kappa shape index (κ1) is 18.2. The molecule has 0 saturated carbocycles. The van der Waals surface area contributed by atoms with Gasteiger partial charge in [-0.2, -0.15) is 0 Å². The number of rotatable bonds is 6. The number of carbonyl (C=O) groups excluding carboxylic acids is 1. The minimum atomic E-state index is -0.0773. The molecule has 3 unspecified atom stereocenters. The quantitative estimate of drug-likeness (QED) is 0.742. The molecule has 3 atom stereocenters. The Morgan fingerprint density at radius 1 is 1.24 bits per heavy atom. The number of fused-ring (bicyclic) bond motifs is 2. The van der Waals surface area contributed by atoms with Gasteiger partial charge in [0.1, 0.15) is 0 Å². The summed E-state index contributed by atoms with van der Waals surface area (Å²) in [5.74, 6) is 0.147. The third kappa shape index (κ3) is 4.73. The zero-order chi connectivity index (χ0) is 17.6. The highest BCUT2D eigenvalue weighted by molar-refractivity contribution is 5.74. The Morgan fingerprint density at radius 2 is 1.92 bits per heavy atom. The molecule has 0 aliphatic carbocycles. The van der Waals surface area contributed by atoms with Gasteiger partial charge >= 0.3 is 6.03 Å². The summed E-state index contributed by atoms with van der Waals surface area (Å²) in [6.45, 7) is 0.678. The largest absolute Gasteiger partial charge is 0.396 e.